The highest BCUT2D eigenvalue weighted by atomic mass is 32.2. The Morgan fingerprint density at radius 1 is 1.02 bits per heavy atom. The first-order valence-electron chi connectivity index (χ1n) is 12.9. The fourth-order valence-electron chi connectivity index (χ4n) is 5.00. The highest BCUT2D eigenvalue weighted by Gasteiger charge is 2.48. The first-order chi connectivity index (χ1) is 19.6. The van der Waals surface area contributed by atoms with Crippen LogP contribution in [-0.4, -0.2) is 33.0 Å². The predicted molar refractivity (Wildman–Crippen MR) is 147 cm³/mol. The molecule has 0 saturated carbocycles. The summed E-state index contributed by atoms with van der Waals surface area (Å²) in [6.45, 7) is 5.84. The number of alkyl halides is 3. The Bertz CT molecular complexity index is 1590. The van der Waals surface area contributed by atoms with Crippen molar-refractivity contribution < 1.29 is 44.1 Å². The lowest BCUT2D eigenvalue weighted by Crippen LogP contribution is -2.43. The van der Waals surface area contributed by atoms with Gasteiger partial charge in [0.25, 0.3) is 0 Å². The average molecular weight is 610 g/mol. The number of fused-ring (bicyclic) bond motifs is 1. The van der Waals surface area contributed by atoms with Crippen molar-refractivity contribution in [3.8, 4) is 5.75 Å². The van der Waals surface area contributed by atoms with E-state index in [1.165, 1.54) is 12.1 Å². The molecule has 0 saturated heterocycles. The fraction of sp³-hybridized carbons (Fsp3) is 0.300. The molecule has 0 aliphatic carbocycles. The minimum atomic E-state index is -5.92. The lowest BCUT2D eigenvalue weighted by molar-refractivity contribution is -0.134. The molecule has 0 radical (unpaired) electrons. The molecule has 0 amide bonds. The molecule has 1 heterocycles. The Hall–Kier alpha value is -3.93. The van der Waals surface area contributed by atoms with Crippen LogP contribution in [0.3, 0.4) is 0 Å². The van der Waals surface area contributed by atoms with Crippen LogP contribution in [0.5, 0.6) is 5.75 Å². The van der Waals surface area contributed by atoms with Crippen LogP contribution in [0.4, 0.5) is 27.6 Å². The standard InChI is InChI=1S/C30H28F5NO5S/c1-17(2)20-6-8-22(9-7-20)36-18(3)13-21-16-23(41-42(38,39)30(33,34)35)10-11-24(21)29(36)28-25(31)14-19(15-26(28)32)5-12-27(37)40-4/h5-12,14-18,29H,13H2,1-4H3/b12-5+/t18-,29+/m1/s1. The zero-order chi connectivity index (χ0) is 31.0. The maximum Gasteiger partial charge on any atom is 0.534 e. The van der Waals surface area contributed by atoms with Crippen molar-refractivity contribution in [2.24, 2.45) is 0 Å². The number of ether oxygens (including phenoxy) is 1. The number of rotatable bonds is 7. The highest BCUT2D eigenvalue weighted by molar-refractivity contribution is 7.88. The van der Waals surface area contributed by atoms with Gasteiger partial charge in [-0.25, -0.2) is 13.6 Å². The van der Waals surface area contributed by atoms with E-state index in [2.05, 4.69) is 8.92 Å². The molecule has 0 unspecified atom stereocenters. The van der Waals surface area contributed by atoms with Crippen LogP contribution in [0.1, 0.15) is 60.5 Å². The van der Waals surface area contributed by atoms with Crippen molar-refractivity contribution in [1.29, 1.82) is 0 Å². The summed E-state index contributed by atoms with van der Waals surface area (Å²) in [7, 11) is -4.76. The van der Waals surface area contributed by atoms with Crippen molar-refractivity contribution in [3.05, 3.63) is 100 Å². The molecule has 42 heavy (non-hydrogen) atoms. The third-order valence-corrected chi connectivity index (χ3v) is 7.99. The summed E-state index contributed by atoms with van der Waals surface area (Å²) in [6, 6.07) is 11.6. The second-order valence-corrected chi connectivity index (χ2v) is 11.7. The van der Waals surface area contributed by atoms with Crippen LogP contribution < -0.4 is 9.08 Å². The van der Waals surface area contributed by atoms with E-state index >= 15 is 8.78 Å². The van der Waals surface area contributed by atoms with Gasteiger partial charge in [0, 0.05) is 17.8 Å². The van der Waals surface area contributed by atoms with E-state index < -0.39 is 51.1 Å². The second kappa shape index (κ2) is 11.7. The lowest BCUT2D eigenvalue weighted by Gasteiger charge is -2.44. The molecule has 6 nitrogen and oxygen atoms in total. The highest BCUT2D eigenvalue weighted by Crippen LogP contribution is 2.44. The van der Waals surface area contributed by atoms with Crippen LogP contribution >= 0.6 is 0 Å². The third-order valence-electron chi connectivity index (χ3n) is 7.01. The average Bonchev–Trinajstić information content (AvgIpc) is 2.90. The molecule has 1 aliphatic heterocycles. The summed E-state index contributed by atoms with van der Waals surface area (Å²) < 4.78 is 102. The molecule has 0 aromatic heterocycles. The number of anilines is 1. The maximum atomic E-state index is 15.8. The Morgan fingerprint density at radius 3 is 2.19 bits per heavy atom. The van der Waals surface area contributed by atoms with Gasteiger partial charge in [0.05, 0.1) is 18.7 Å². The van der Waals surface area contributed by atoms with Gasteiger partial charge in [-0.15, -0.1) is 0 Å². The Kier molecular flexibility index (Phi) is 8.68. The number of esters is 1. The van der Waals surface area contributed by atoms with Crippen molar-refractivity contribution in [2.75, 3.05) is 12.0 Å². The Labute approximate surface area is 240 Å². The molecule has 0 N–H and O–H groups in total. The first-order valence-corrected chi connectivity index (χ1v) is 14.3. The molecule has 1 aliphatic rings. The molecule has 2 atom stereocenters. The summed E-state index contributed by atoms with van der Waals surface area (Å²) in [5, 5.41) is 0. The molecule has 0 fully saturated rings. The summed E-state index contributed by atoms with van der Waals surface area (Å²) in [5.74, 6) is -2.89. The number of nitrogens with zero attached hydrogens (tertiary/aromatic N) is 1. The Morgan fingerprint density at radius 2 is 1.64 bits per heavy atom. The van der Waals surface area contributed by atoms with E-state index in [1.807, 2.05) is 43.0 Å². The van der Waals surface area contributed by atoms with E-state index in [9.17, 15) is 26.4 Å². The van der Waals surface area contributed by atoms with E-state index in [1.54, 1.807) is 6.92 Å². The summed E-state index contributed by atoms with van der Waals surface area (Å²) in [6.07, 6.45) is 2.43. The van der Waals surface area contributed by atoms with Crippen LogP contribution in [0.2, 0.25) is 0 Å². The van der Waals surface area contributed by atoms with Crippen LogP contribution in [-0.2, 0) is 26.1 Å². The largest absolute Gasteiger partial charge is 0.534 e. The molecular weight excluding hydrogens is 581 g/mol. The van der Waals surface area contributed by atoms with Gasteiger partial charge in [-0.05, 0) is 84.0 Å². The molecule has 4 rings (SSSR count). The van der Waals surface area contributed by atoms with Crippen molar-refractivity contribution in [1.82, 2.24) is 0 Å². The topological polar surface area (TPSA) is 72.9 Å². The normalized spacial score (nSPS) is 17.4. The lowest BCUT2D eigenvalue weighted by atomic mass is 9.83. The predicted octanol–water partition coefficient (Wildman–Crippen LogP) is 7.04. The summed E-state index contributed by atoms with van der Waals surface area (Å²) in [5.41, 5.74) is -3.48. The Balaban J connectivity index is 1.87. The van der Waals surface area contributed by atoms with Gasteiger partial charge in [-0.2, -0.15) is 21.6 Å². The number of methoxy groups -OCH3 is 1. The molecule has 3 aromatic rings. The monoisotopic (exact) mass is 609 g/mol. The van der Waals surface area contributed by atoms with E-state index in [-0.39, 0.29) is 23.5 Å². The zero-order valence-corrected chi connectivity index (χ0v) is 23.9. The zero-order valence-electron chi connectivity index (χ0n) is 23.1. The van der Waals surface area contributed by atoms with Gasteiger partial charge < -0.3 is 13.8 Å². The molecular formula is C30H28F5NO5S. The van der Waals surface area contributed by atoms with Gasteiger partial charge in [0.2, 0.25) is 0 Å². The SMILES string of the molecule is COC(=O)/C=C/c1cc(F)c([C@@H]2c3ccc(OS(=O)(=O)C(F)(F)F)cc3C[C@@H](C)N2c2ccc(C(C)C)cc2)c(F)c1. The van der Waals surface area contributed by atoms with Gasteiger partial charge >= 0.3 is 21.6 Å². The van der Waals surface area contributed by atoms with E-state index in [0.717, 1.165) is 43.0 Å². The van der Waals surface area contributed by atoms with Crippen molar-refractivity contribution in [2.45, 2.75) is 50.7 Å². The molecule has 224 valence electrons. The number of hydrogen-bond donors (Lipinski definition) is 0. The first kappa shape index (κ1) is 31.0. The number of hydrogen-bond acceptors (Lipinski definition) is 6. The van der Waals surface area contributed by atoms with Crippen molar-refractivity contribution in [3.63, 3.8) is 0 Å². The van der Waals surface area contributed by atoms with E-state index in [4.69, 9.17) is 0 Å². The van der Waals surface area contributed by atoms with Gasteiger partial charge in [-0.3, -0.25) is 0 Å². The van der Waals surface area contributed by atoms with Crippen LogP contribution in [0.15, 0.2) is 60.7 Å². The quantitative estimate of drug-likeness (QED) is 0.0941. The van der Waals surface area contributed by atoms with Crippen LogP contribution in [0.25, 0.3) is 6.08 Å². The number of carbonyl (C=O) groups is 1. The number of carbonyl (C=O) groups excluding carboxylic acids is 1. The minimum Gasteiger partial charge on any atom is -0.466 e. The number of halogens is 5. The number of benzene rings is 3. The molecule has 12 heteroatoms. The van der Waals surface area contributed by atoms with Gasteiger partial charge in [-0.1, -0.05) is 32.0 Å². The molecule has 0 bridgehead atoms. The molecule has 3 aromatic carbocycles. The smallest absolute Gasteiger partial charge is 0.466 e. The summed E-state index contributed by atoms with van der Waals surface area (Å²) >= 11 is 0. The second-order valence-electron chi connectivity index (χ2n) is 10.2. The van der Waals surface area contributed by atoms with Gasteiger partial charge in [0.15, 0.2) is 0 Å². The summed E-state index contributed by atoms with van der Waals surface area (Å²) in [4.78, 5) is 13.3. The minimum absolute atomic E-state index is 0.0668. The maximum absolute atomic E-state index is 15.8. The van der Waals surface area contributed by atoms with Gasteiger partial charge in [0.1, 0.15) is 17.4 Å². The third kappa shape index (κ3) is 6.28. The van der Waals surface area contributed by atoms with Crippen molar-refractivity contribution >= 4 is 27.9 Å². The molecule has 0 spiro atoms. The van der Waals surface area contributed by atoms with E-state index in [0.29, 0.717) is 16.8 Å². The van der Waals surface area contributed by atoms with Crippen LogP contribution in [0, 0.1) is 11.6 Å². The fourth-order valence-corrected chi connectivity index (χ4v) is 5.45.